The molecule has 114 valence electrons. The fourth-order valence-electron chi connectivity index (χ4n) is 2.56. The molecule has 0 N–H and O–H groups in total. The molecule has 0 aromatic rings. The quantitative estimate of drug-likeness (QED) is 0.257. The fraction of sp³-hybridized carbons (Fsp3) is 0.895. The number of unbranched alkanes of at least 4 members (excludes halogenated alkanes) is 16. The molecule has 0 saturated carbocycles. The van der Waals surface area contributed by atoms with E-state index in [-0.39, 0.29) is 0 Å². The molecule has 0 spiro atoms. The van der Waals surface area contributed by atoms with E-state index >= 15 is 0 Å². The molecular weight excluding hydrogens is 228 g/mol. The smallest absolute Gasteiger partial charge is 0.0386 e. The normalized spacial score (nSPS) is 11.1. The third-order valence-corrected chi connectivity index (χ3v) is 3.92. The van der Waals surface area contributed by atoms with E-state index in [1.165, 1.54) is 96.3 Å². The van der Waals surface area contributed by atoms with Gasteiger partial charge in [-0.3, -0.25) is 0 Å². The van der Waals surface area contributed by atoms with E-state index in [0.717, 1.165) is 6.42 Å². The first-order valence-electron chi connectivity index (χ1n) is 9.02. The Balaban J connectivity index is 2.88. The van der Waals surface area contributed by atoms with Crippen LogP contribution < -0.4 is 0 Å². The minimum atomic E-state index is 1.12. The maximum atomic E-state index is 3.88. The molecule has 0 rings (SSSR count). The van der Waals surface area contributed by atoms with Crippen LogP contribution in [0.1, 0.15) is 110 Å². The van der Waals surface area contributed by atoms with Gasteiger partial charge in [-0.05, 0) is 6.42 Å². The molecule has 0 unspecified atom stereocenters. The highest BCUT2D eigenvalue weighted by Gasteiger charge is 1.94. The highest BCUT2D eigenvalue weighted by Crippen LogP contribution is 2.13. The predicted octanol–water partition coefficient (Wildman–Crippen LogP) is 7.29. The highest BCUT2D eigenvalue weighted by atomic mass is 14.0. The second-order valence-corrected chi connectivity index (χ2v) is 5.96. The van der Waals surface area contributed by atoms with Crippen LogP contribution in [-0.2, 0) is 0 Å². The Morgan fingerprint density at radius 2 is 1.00 bits per heavy atom. The molecule has 0 aliphatic carbocycles. The fourth-order valence-corrected chi connectivity index (χ4v) is 2.56. The number of hydrogen-bond acceptors (Lipinski definition) is 0. The van der Waals surface area contributed by atoms with Crippen molar-refractivity contribution < 1.29 is 0 Å². The van der Waals surface area contributed by atoms with Crippen LogP contribution in [0.4, 0.5) is 0 Å². The van der Waals surface area contributed by atoms with Crippen molar-refractivity contribution in [1.82, 2.24) is 0 Å². The van der Waals surface area contributed by atoms with E-state index in [0.29, 0.717) is 0 Å². The van der Waals surface area contributed by atoms with Crippen LogP contribution in [0.3, 0.4) is 0 Å². The second-order valence-electron chi connectivity index (χ2n) is 5.96. The summed E-state index contributed by atoms with van der Waals surface area (Å²) < 4.78 is 0. The van der Waals surface area contributed by atoms with Crippen LogP contribution in [-0.4, -0.2) is 0 Å². The van der Waals surface area contributed by atoms with E-state index in [2.05, 4.69) is 20.3 Å². The zero-order chi connectivity index (χ0) is 14.0. The summed E-state index contributed by atoms with van der Waals surface area (Å²) in [5, 5.41) is 0. The lowest BCUT2D eigenvalue weighted by Crippen LogP contribution is -1.84. The highest BCUT2D eigenvalue weighted by molar-refractivity contribution is 4.64. The molecule has 2 radical (unpaired) electrons. The summed E-state index contributed by atoms with van der Waals surface area (Å²) in [4.78, 5) is 0. The van der Waals surface area contributed by atoms with Gasteiger partial charge in [-0.25, -0.2) is 0 Å². The minimum Gasteiger partial charge on any atom is -0.0654 e. The van der Waals surface area contributed by atoms with Crippen LogP contribution >= 0.6 is 0 Å². The molecule has 0 aromatic heterocycles. The Labute approximate surface area is 123 Å². The lowest BCUT2D eigenvalue weighted by atomic mass is 10.0. The zero-order valence-corrected chi connectivity index (χ0v) is 13.6. The maximum Gasteiger partial charge on any atom is -0.0386 e. The Morgan fingerprint density at radius 1 is 0.579 bits per heavy atom. The average molecular weight is 267 g/mol. The van der Waals surface area contributed by atoms with Gasteiger partial charge in [0.2, 0.25) is 0 Å². The van der Waals surface area contributed by atoms with Crippen LogP contribution in [0.25, 0.3) is 0 Å². The van der Waals surface area contributed by atoms with Gasteiger partial charge in [0.15, 0.2) is 0 Å². The van der Waals surface area contributed by atoms with Crippen molar-refractivity contribution >= 4 is 0 Å². The monoisotopic (exact) mass is 266 g/mol. The largest absolute Gasteiger partial charge is 0.0654 e. The van der Waals surface area contributed by atoms with Gasteiger partial charge >= 0.3 is 0 Å². The maximum absolute atomic E-state index is 3.88. The number of rotatable bonds is 16. The molecule has 0 saturated heterocycles. The molecule has 0 heteroatoms. The Hall–Kier alpha value is 0. The van der Waals surface area contributed by atoms with Crippen molar-refractivity contribution in [3.63, 3.8) is 0 Å². The van der Waals surface area contributed by atoms with Crippen molar-refractivity contribution in [2.24, 2.45) is 0 Å². The van der Waals surface area contributed by atoms with Gasteiger partial charge in [-0.1, -0.05) is 117 Å². The van der Waals surface area contributed by atoms with Crippen LogP contribution in [0.2, 0.25) is 0 Å². The van der Waals surface area contributed by atoms with Crippen LogP contribution in [0.5, 0.6) is 0 Å². The summed E-state index contributed by atoms with van der Waals surface area (Å²) >= 11 is 0. The Morgan fingerprint density at radius 3 is 1.47 bits per heavy atom. The molecule has 0 atom stereocenters. The standard InChI is InChI=1S/C19H38/c1-3-5-7-9-11-13-15-17-19-18-16-14-12-10-8-6-4-2/h19H,1,3-18H2,2H3. The zero-order valence-electron chi connectivity index (χ0n) is 13.6. The van der Waals surface area contributed by atoms with E-state index in [1.54, 1.807) is 0 Å². The molecule has 0 bridgehead atoms. The van der Waals surface area contributed by atoms with Crippen molar-refractivity contribution in [1.29, 1.82) is 0 Å². The van der Waals surface area contributed by atoms with Gasteiger partial charge in [0, 0.05) is 0 Å². The molecule has 0 amide bonds. The first-order chi connectivity index (χ1) is 9.41. The first kappa shape index (κ1) is 19.0. The SMILES string of the molecule is [CH2]CCCCCCCC[CH]CCCCCCCCC. The van der Waals surface area contributed by atoms with Gasteiger partial charge in [-0.2, -0.15) is 0 Å². The van der Waals surface area contributed by atoms with E-state index in [4.69, 9.17) is 0 Å². The van der Waals surface area contributed by atoms with Gasteiger partial charge in [0.1, 0.15) is 0 Å². The predicted molar refractivity (Wildman–Crippen MR) is 89.2 cm³/mol. The van der Waals surface area contributed by atoms with E-state index in [9.17, 15) is 0 Å². The molecule has 0 heterocycles. The third kappa shape index (κ3) is 18.0. The molecule has 0 aliphatic heterocycles. The summed E-state index contributed by atoms with van der Waals surface area (Å²) in [6.45, 7) is 6.17. The topological polar surface area (TPSA) is 0 Å². The molecule has 0 fully saturated rings. The molecule has 0 nitrogen and oxygen atoms in total. The number of hydrogen-bond donors (Lipinski definition) is 0. The minimum absolute atomic E-state index is 1.12. The van der Waals surface area contributed by atoms with Crippen molar-refractivity contribution in [2.45, 2.75) is 110 Å². The van der Waals surface area contributed by atoms with Crippen LogP contribution in [0.15, 0.2) is 0 Å². The third-order valence-electron chi connectivity index (χ3n) is 3.92. The van der Waals surface area contributed by atoms with Gasteiger partial charge in [0.05, 0.1) is 0 Å². The first-order valence-corrected chi connectivity index (χ1v) is 9.02. The summed E-state index contributed by atoms with van der Waals surface area (Å²) in [5.74, 6) is 0. The molecular formula is C19H38. The van der Waals surface area contributed by atoms with Crippen molar-refractivity contribution in [3.05, 3.63) is 13.3 Å². The summed E-state index contributed by atoms with van der Waals surface area (Å²) in [5.41, 5.74) is 0. The van der Waals surface area contributed by atoms with E-state index in [1.807, 2.05) is 0 Å². The molecule has 0 aliphatic rings. The van der Waals surface area contributed by atoms with Crippen molar-refractivity contribution in [3.8, 4) is 0 Å². The molecule has 0 aromatic carbocycles. The van der Waals surface area contributed by atoms with Gasteiger partial charge in [-0.15, -0.1) is 0 Å². The second kappa shape index (κ2) is 18.0. The Bertz CT molecular complexity index is 123. The van der Waals surface area contributed by atoms with E-state index < -0.39 is 0 Å². The van der Waals surface area contributed by atoms with Gasteiger partial charge < -0.3 is 0 Å². The van der Waals surface area contributed by atoms with Crippen LogP contribution in [0, 0.1) is 13.3 Å². The molecule has 19 heavy (non-hydrogen) atoms. The lowest BCUT2D eigenvalue weighted by molar-refractivity contribution is 0.571. The van der Waals surface area contributed by atoms with Crippen molar-refractivity contribution in [2.75, 3.05) is 0 Å². The average Bonchev–Trinajstić information content (AvgIpc) is 2.43. The summed E-state index contributed by atoms with van der Waals surface area (Å²) in [7, 11) is 0. The summed E-state index contributed by atoms with van der Waals surface area (Å²) in [6, 6.07) is 0. The van der Waals surface area contributed by atoms with Gasteiger partial charge in [0.25, 0.3) is 0 Å². The summed E-state index contributed by atoms with van der Waals surface area (Å²) in [6.07, 6.45) is 24.8. The Kier molecular flexibility index (Phi) is 18.0. The lowest BCUT2D eigenvalue weighted by Gasteiger charge is -2.03.